The third-order valence-electron chi connectivity index (χ3n) is 2.97. The van der Waals surface area contributed by atoms with Crippen LogP contribution in [-0.4, -0.2) is 23.5 Å². The largest absolute Gasteiger partial charge is 0.507 e. The number of hydrogen-bond acceptors (Lipinski definition) is 3. The number of nitrogens with one attached hydrogen (secondary N) is 1. The van der Waals surface area contributed by atoms with Gasteiger partial charge in [0.1, 0.15) is 5.75 Å². The minimum absolute atomic E-state index is 0.274. The molecule has 2 rings (SSSR count). The summed E-state index contributed by atoms with van der Waals surface area (Å²) in [5, 5.41) is 12.4. The molecule has 98 valence electrons. The van der Waals surface area contributed by atoms with Crippen LogP contribution < -0.4 is 5.32 Å². The highest BCUT2D eigenvalue weighted by atomic mass is 19.4. The van der Waals surface area contributed by atoms with Gasteiger partial charge in [0, 0.05) is 0 Å². The fraction of sp³-hybridized carbons (Fsp3) is 0.417. The molecule has 0 spiro atoms. The molecular weight excluding hydrogens is 247 g/mol. The van der Waals surface area contributed by atoms with Crippen molar-refractivity contribution in [2.75, 3.05) is 6.54 Å². The number of ketones is 1. The second-order valence-electron chi connectivity index (χ2n) is 4.24. The number of aromatic hydroxyl groups is 1. The summed E-state index contributed by atoms with van der Waals surface area (Å²) in [7, 11) is 0. The standard InChI is InChI=1S/C12H12F3NO2/c13-12(14,15)7-3-4-10(17)8(6-7)11(18)9-2-1-5-16-9/h3-4,6,9,16-17H,1-2,5H2. The minimum Gasteiger partial charge on any atom is -0.507 e. The van der Waals surface area contributed by atoms with Crippen molar-refractivity contribution in [3.8, 4) is 5.75 Å². The zero-order valence-corrected chi connectivity index (χ0v) is 9.42. The normalized spacial score (nSPS) is 20.1. The maximum atomic E-state index is 12.5. The average molecular weight is 259 g/mol. The predicted octanol–water partition coefficient (Wildman–Crippen LogP) is 2.35. The molecule has 1 fully saturated rings. The Kier molecular flexibility index (Phi) is 3.30. The van der Waals surface area contributed by atoms with Crippen molar-refractivity contribution in [3.05, 3.63) is 29.3 Å². The molecule has 2 N–H and O–H groups in total. The molecule has 0 saturated carbocycles. The Balaban J connectivity index is 2.34. The molecule has 1 unspecified atom stereocenters. The number of halogens is 3. The monoisotopic (exact) mass is 259 g/mol. The summed E-state index contributed by atoms with van der Waals surface area (Å²) in [6.07, 6.45) is -3.14. The molecular formula is C12H12F3NO2. The molecule has 0 radical (unpaired) electrons. The lowest BCUT2D eigenvalue weighted by molar-refractivity contribution is -0.137. The van der Waals surface area contributed by atoms with E-state index in [1.165, 1.54) is 0 Å². The summed E-state index contributed by atoms with van der Waals surface area (Å²) in [6, 6.07) is 1.87. The van der Waals surface area contributed by atoms with Crippen molar-refractivity contribution in [3.63, 3.8) is 0 Å². The minimum atomic E-state index is -4.52. The first-order chi connectivity index (χ1) is 8.39. The van der Waals surface area contributed by atoms with E-state index in [1.807, 2.05) is 0 Å². The molecule has 0 bridgehead atoms. The first kappa shape index (κ1) is 12.9. The molecule has 1 aromatic rings. The van der Waals surface area contributed by atoms with Crippen molar-refractivity contribution in [1.29, 1.82) is 0 Å². The van der Waals surface area contributed by atoms with Crippen LogP contribution in [0.3, 0.4) is 0 Å². The van der Waals surface area contributed by atoms with Crippen LogP contribution in [0.4, 0.5) is 13.2 Å². The molecule has 1 atom stereocenters. The second-order valence-corrected chi connectivity index (χ2v) is 4.24. The van der Waals surface area contributed by atoms with Gasteiger partial charge >= 0.3 is 6.18 Å². The SMILES string of the molecule is O=C(c1cc(C(F)(F)F)ccc1O)C1CCCN1. The number of carbonyl (C=O) groups is 1. The fourth-order valence-electron chi connectivity index (χ4n) is 2.01. The highest BCUT2D eigenvalue weighted by Gasteiger charge is 2.33. The molecule has 0 amide bonds. The van der Waals surface area contributed by atoms with Crippen LogP contribution in [0.5, 0.6) is 5.75 Å². The summed E-state index contributed by atoms with van der Waals surface area (Å²) in [5.74, 6) is -0.905. The van der Waals surface area contributed by atoms with E-state index < -0.39 is 29.3 Å². The number of phenols is 1. The van der Waals surface area contributed by atoms with Gasteiger partial charge in [0.2, 0.25) is 0 Å². The Labute approximate surface area is 102 Å². The van der Waals surface area contributed by atoms with E-state index in [2.05, 4.69) is 5.32 Å². The summed E-state index contributed by atoms with van der Waals surface area (Å²) in [6.45, 7) is 0.663. The Morgan fingerprint density at radius 3 is 2.67 bits per heavy atom. The molecule has 1 aromatic carbocycles. The zero-order valence-electron chi connectivity index (χ0n) is 9.42. The van der Waals surface area contributed by atoms with E-state index in [-0.39, 0.29) is 5.56 Å². The van der Waals surface area contributed by atoms with Crippen LogP contribution in [0.1, 0.15) is 28.8 Å². The van der Waals surface area contributed by atoms with E-state index in [9.17, 15) is 23.1 Å². The van der Waals surface area contributed by atoms with Gasteiger partial charge < -0.3 is 10.4 Å². The van der Waals surface area contributed by atoms with Crippen molar-refractivity contribution >= 4 is 5.78 Å². The van der Waals surface area contributed by atoms with Gasteiger partial charge in [0.15, 0.2) is 5.78 Å². The topological polar surface area (TPSA) is 49.3 Å². The van der Waals surface area contributed by atoms with Crippen LogP contribution >= 0.6 is 0 Å². The quantitative estimate of drug-likeness (QED) is 0.801. The van der Waals surface area contributed by atoms with E-state index in [1.54, 1.807) is 0 Å². The lowest BCUT2D eigenvalue weighted by atomic mass is 9.99. The number of alkyl halides is 3. The van der Waals surface area contributed by atoms with Crippen LogP contribution in [0.25, 0.3) is 0 Å². The van der Waals surface area contributed by atoms with Crippen LogP contribution in [0, 0.1) is 0 Å². The Morgan fingerprint density at radius 1 is 1.39 bits per heavy atom. The third kappa shape index (κ3) is 2.48. The molecule has 1 saturated heterocycles. The first-order valence-electron chi connectivity index (χ1n) is 5.57. The zero-order chi connectivity index (χ0) is 13.3. The first-order valence-corrected chi connectivity index (χ1v) is 5.57. The van der Waals surface area contributed by atoms with E-state index in [0.29, 0.717) is 19.0 Å². The van der Waals surface area contributed by atoms with Gasteiger partial charge in [-0.3, -0.25) is 4.79 Å². The molecule has 0 aromatic heterocycles. The smallest absolute Gasteiger partial charge is 0.416 e. The van der Waals surface area contributed by atoms with Gasteiger partial charge in [-0.05, 0) is 37.6 Å². The van der Waals surface area contributed by atoms with Gasteiger partial charge in [-0.2, -0.15) is 13.2 Å². The number of Topliss-reactive ketones (excluding diaryl/α,β-unsaturated/α-hetero) is 1. The number of benzene rings is 1. The predicted molar refractivity (Wildman–Crippen MR) is 58.5 cm³/mol. The van der Waals surface area contributed by atoms with Gasteiger partial charge in [-0.15, -0.1) is 0 Å². The van der Waals surface area contributed by atoms with Crippen molar-refractivity contribution < 1.29 is 23.1 Å². The van der Waals surface area contributed by atoms with E-state index >= 15 is 0 Å². The summed E-state index contributed by atoms with van der Waals surface area (Å²) >= 11 is 0. The number of phenolic OH excluding ortho intramolecular Hbond substituents is 1. The Bertz CT molecular complexity index is 465. The fourth-order valence-corrected chi connectivity index (χ4v) is 2.01. The maximum Gasteiger partial charge on any atom is 0.416 e. The van der Waals surface area contributed by atoms with Crippen LogP contribution in [0.15, 0.2) is 18.2 Å². The van der Waals surface area contributed by atoms with Gasteiger partial charge in [0.05, 0.1) is 17.2 Å². The number of hydrogen-bond donors (Lipinski definition) is 2. The van der Waals surface area contributed by atoms with Crippen LogP contribution in [-0.2, 0) is 6.18 Å². The van der Waals surface area contributed by atoms with Crippen molar-refractivity contribution in [1.82, 2.24) is 5.32 Å². The lowest BCUT2D eigenvalue weighted by Crippen LogP contribution is -2.31. The van der Waals surface area contributed by atoms with Crippen molar-refractivity contribution in [2.24, 2.45) is 0 Å². The summed E-state index contributed by atoms with van der Waals surface area (Å²) < 4.78 is 37.6. The summed E-state index contributed by atoms with van der Waals surface area (Å²) in [4.78, 5) is 12.0. The van der Waals surface area contributed by atoms with Crippen LogP contribution in [0.2, 0.25) is 0 Å². The highest BCUT2D eigenvalue weighted by molar-refractivity contribution is 6.02. The molecule has 3 nitrogen and oxygen atoms in total. The van der Waals surface area contributed by atoms with Crippen molar-refractivity contribution in [2.45, 2.75) is 25.1 Å². The molecule has 1 heterocycles. The maximum absolute atomic E-state index is 12.5. The summed E-state index contributed by atoms with van der Waals surface area (Å²) in [5.41, 5.74) is -1.20. The average Bonchev–Trinajstić information content (AvgIpc) is 2.80. The third-order valence-corrected chi connectivity index (χ3v) is 2.97. The Morgan fingerprint density at radius 2 is 2.11 bits per heavy atom. The van der Waals surface area contributed by atoms with Gasteiger partial charge in [-0.25, -0.2) is 0 Å². The molecule has 0 aliphatic carbocycles. The molecule has 1 aliphatic heterocycles. The molecule has 18 heavy (non-hydrogen) atoms. The number of rotatable bonds is 2. The van der Waals surface area contributed by atoms with Gasteiger partial charge in [0.25, 0.3) is 0 Å². The molecule has 1 aliphatic rings. The second kappa shape index (κ2) is 4.61. The Hall–Kier alpha value is -1.56. The van der Waals surface area contributed by atoms with E-state index in [4.69, 9.17) is 0 Å². The van der Waals surface area contributed by atoms with E-state index in [0.717, 1.165) is 18.6 Å². The highest BCUT2D eigenvalue weighted by Crippen LogP contribution is 2.33. The number of carbonyl (C=O) groups excluding carboxylic acids is 1. The molecule has 6 heteroatoms. The lowest BCUT2D eigenvalue weighted by Gasteiger charge is -2.13. The van der Waals surface area contributed by atoms with Gasteiger partial charge in [-0.1, -0.05) is 0 Å².